The Balaban J connectivity index is 1.68. The van der Waals surface area contributed by atoms with Crippen LogP contribution in [0.4, 0.5) is 10.3 Å². The normalized spacial score (nSPS) is 11.0. The molecule has 0 aliphatic carbocycles. The number of halogens is 1. The monoisotopic (exact) mass is 490 g/mol. The third-order valence-electron chi connectivity index (χ3n) is 5.32. The van der Waals surface area contributed by atoms with Crippen LogP contribution in [0.2, 0.25) is 0 Å². The van der Waals surface area contributed by atoms with Gasteiger partial charge in [0.1, 0.15) is 16.3 Å². The van der Waals surface area contributed by atoms with Gasteiger partial charge in [0.25, 0.3) is 5.56 Å². The van der Waals surface area contributed by atoms with Gasteiger partial charge < -0.3 is 10.1 Å². The molecule has 5 rings (SSSR count). The standard InChI is InChI=1S/C25H19FN4O2S2/c1-32-20-13-7-16(8-14-20)15-27-24-28-22-21(23(31)30(24)19-11-9-17(26)10-12-19)34-25(33)29(22)18-5-3-2-4-6-18/h2-14H,15H2,1H3,(H,27,28). The smallest absolute Gasteiger partial charge is 0.279 e. The minimum absolute atomic E-state index is 0.278. The quantitative estimate of drug-likeness (QED) is 0.308. The van der Waals surface area contributed by atoms with Gasteiger partial charge in [-0.2, -0.15) is 4.98 Å². The second-order valence-electron chi connectivity index (χ2n) is 7.45. The summed E-state index contributed by atoms with van der Waals surface area (Å²) >= 11 is 6.80. The molecule has 1 N–H and O–H groups in total. The number of aromatic nitrogens is 3. The van der Waals surface area contributed by atoms with Crippen molar-refractivity contribution in [1.29, 1.82) is 0 Å². The van der Waals surface area contributed by atoms with E-state index in [0.717, 1.165) is 17.0 Å². The Morgan fingerprint density at radius 1 is 0.971 bits per heavy atom. The van der Waals surface area contributed by atoms with Crippen LogP contribution in [-0.2, 0) is 6.54 Å². The Morgan fingerprint density at radius 3 is 2.32 bits per heavy atom. The molecule has 6 nitrogen and oxygen atoms in total. The fourth-order valence-electron chi connectivity index (χ4n) is 3.63. The Bertz CT molecular complexity index is 1570. The molecule has 0 amide bonds. The van der Waals surface area contributed by atoms with Crippen LogP contribution in [0.1, 0.15) is 5.56 Å². The van der Waals surface area contributed by atoms with Crippen LogP contribution in [-0.4, -0.2) is 21.2 Å². The third kappa shape index (κ3) is 4.11. The minimum Gasteiger partial charge on any atom is -0.497 e. The van der Waals surface area contributed by atoms with Gasteiger partial charge >= 0.3 is 0 Å². The number of hydrogen-bond donors (Lipinski definition) is 1. The molecule has 0 saturated carbocycles. The van der Waals surface area contributed by atoms with Crippen LogP contribution in [0, 0.1) is 9.77 Å². The lowest BCUT2D eigenvalue weighted by molar-refractivity contribution is 0.414. The molecule has 0 fully saturated rings. The maximum Gasteiger partial charge on any atom is 0.279 e. The molecule has 0 unspecified atom stereocenters. The van der Waals surface area contributed by atoms with Crippen molar-refractivity contribution in [2.75, 3.05) is 12.4 Å². The van der Waals surface area contributed by atoms with Crippen LogP contribution < -0.4 is 15.6 Å². The molecule has 34 heavy (non-hydrogen) atoms. The number of thiazole rings is 1. The molecule has 2 heterocycles. The summed E-state index contributed by atoms with van der Waals surface area (Å²) in [6.45, 7) is 0.416. The number of rotatable bonds is 6. The maximum atomic E-state index is 13.6. The zero-order chi connectivity index (χ0) is 23.7. The van der Waals surface area contributed by atoms with E-state index in [4.69, 9.17) is 21.9 Å². The van der Waals surface area contributed by atoms with Crippen LogP contribution >= 0.6 is 23.6 Å². The van der Waals surface area contributed by atoms with Crippen molar-refractivity contribution in [3.05, 3.63) is 105 Å². The molecule has 2 aromatic heterocycles. The van der Waals surface area contributed by atoms with Crippen LogP contribution in [0.3, 0.4) is 0 Å². The first-order valence-electron chi connectivity index (χ1n) is 10.4. The predicted molar refractivity (Wildman–Crippen MR) is 136 cm³/mol. The van der Waals surface area contributed by atoms with Crippen molar-refractivity contribution in [1.82, 2.24) is 14.1 Å². The van der Waals surface area contributed by atoms with Crippen LogP contribution in [0.5, 0.6) is 5.75 Å². The van der Waals surface area contributed by atoms with E-state index in [1.165, 1.54) is 28.0 Å². The zero-order valence-electron chi connectivity index (χ0n) is 18.1. The zero-order valence-corrected chi connectivity index (χ0v) is 19.7. The van der Waals surface area contributed by atoms with Crippen LogP contribution in [0.15, 0.2) is 83.7 Å². The number of ether oxygens (including phenoxy) is 1. The summed E-state index contributed by atoms with van der Waals surface area (Å²) in [5.74, 6) is 0.702. The van der Waals surface area contributed by atoms with Crippen LogP contribution in [0.25, 0.3) is 21.7 Å². The lowest BCUT2D eigenvalue weighted by Crippen LogP contribution is -2.23. The highest BCUT2D eigenvalue weighted by molar-refractivity contribution is 7.73. The van der Waals surface area contributed by atoms with Gasteiger partial charge in [0.2, 0.25) is 5.95 Å². The molecule has 3 aromatic carbocycles. The first-order valence-corrected chi connectivity index (χ1v) is 11.6. The average molecular weight is 491 g/mol. The van der Waals surface area contributed by atoms with Crippen molar-refractivity contribution in [3.63, 3.8) is 0 Å². The summed E-state index contributed by atoms with van der Waals surface area (Å²) in [5.41, 5.74) is 2.50. The summed E-state index contributed by atoms with van der Waals surface area (Å²) in [6, 6.07) is 22.9. The summed E-state index contributed by atoms with van der Waals surface area (Å²) in [4.78, 5) is 18.5. The molecule has 0 bridgehead atoms. The number of nitrogens with zero attached hydrogens (tertiary/aromatic N) is 3. The average Bonchev–Trinajstić information content (AvgIpc) is 3.20. The van der Waals surface area contributed by atoms with Crippen molar-refractivity contribution >= 4 is 39.9 Å². The molecule has 0 saturated heterocycles. The third-order valence-corrected chi connectivity index (χ3v) is 6.67. The molecule has 9 heteroatoms. The molecule has 0 aliphatic rings. The number of fused-ring (bicyclic) bond motifs is 1. The van der Waals surface area contributed by atoms with Gasteiger partial charge in [0.05, 0.1) is 12.8 Å². The Morgan fingerprint density at radius 2 is 1.65 bits per heavy atom. The van der Waals surface area contributed by atoms with Gasteiger partial charge in [-0.3, -0.25) is 9.36 Å². The van der Waals surface area contributed by atoms with E-state index < -0.39 is 0 Å². The fourth-order valence-corrected chi connectivity index (χ4v) is 4.94. The maximum absolute atomic E-state index is 13.6. The number of hydrogen-bond acceptors (Lipinski definition) is 6. The number of anilines is 1. The Hall–Kier alpha value is -3.82. The van der Waals surface area contributed by atoms with E-state index >= 15 is 0 Å². The number of nitrogens with one attached hydrogen (secondary N) is 1. The first-order chi connectivity index (χ1) is 16.5. The molecular weight excluding hydrogens is 471 g/mol. The highest BCUT2D eigenvalue weighted by Crippen LogP contribution is 2.26. The SMILES string of the molecule is COc1ccc(CNc2nc3c(sc(=S)n3-c3ccccc3)c(=O)n2-c2ccc(F)cc2)cc1. The molecular formula is C25H19FN4O2S2. The second kappa shape index (κ2) is 9.20. The topological polar surface area (TPSA) is 61.1 Å². The van der Waals surface area contributed by atoms with Gasteiger partial charge in [0.15, 0.2) is 9.60 Å². The summed E-state index contributed by atoms with van der Waals surface area (Å²) < 4.78 is 23.0. The highest BCUT2D eigenvalue weighted by Gasteiger charge is 2.18. The molecule has 0 atom stereocenters. The van der Waals surface area contributed by atoms with E-state index in [2.05, 4.69) is 5.32 Å². The van der Waals surface area contributed by atoms with Gasteiger partial charge in [-0.05, 0) is 66.3 Å². The van der Waals surface area contributed by atoms with Crippen molar-refractivity contribution < 1.29 is 9.13 Å². The Kier molecular flexibility index (Phi) is 5.95. The van der Waals surface area contributed by atoms with E-state index in [1.807, 2.05) is 54.6 Å². The highest BCUT2D eigenvalue weighted by atomic mass is 32.1. The van der Waals surface area contributed by atoms with Gasteiger partial charge in [0, 0.05) is 12.2 Å². The second-order valence-corrected chi connectivity index (χ2v) is 9.09. The molecule has 0 spiro atoms. The van der Waals surface area contributed by atoms with Gasteiger partial charge in [-0.1, -0.05) is 41.7 Å². The van der Waals surface area contributed by atoms with Crippen molar-refractivity contribution in [2.45, 2.75) is 6.54 Å². The first kappa shape index (κ1) is 22.0. The predicted octanol–water partition coefficient (Wildman–Crippen LogP) is 5.73. The van der Waals surface area contributed by atoms with E-state index in [9.17, 15) is 9.18 Å². The summed E-state index contributed by atoms with van der Waals surface area (Å²) in [6.07, 6.45) is 0. The largest absolute Gasteiger partial charge is 0.497 e. The number of para-hydroxylation sites is 1. The summed E-state index contributed by atoms with van der Waals surface area (Å²) in [7, 11) is 1.62. The lowest BCUT2D eigenvalue weighted by atomic mass is 10.2. The number of benzene rings is 3. The van der Waals surface area contributed by atoms with E-state index in [1.54, 1.807) is 23.8 Å². The van der Waals surface area contributed by atoms with E-state index in [-0.39, 0.29) is 11.4 Å². The fraction of sp³-hybridized carbons (Fsp3) is 0.0800. The minimum atomic E-state index is -0.385. The molecule has 170 valence electrons. The van der Waals surface area contributed by atoms with E-state index in [0.29, 0.717) is 32.5 Å². The lowest BCUT2D eigenvalue weighted by Gasteiger charge is -2.15. The molecule has 0 aliphatic heterocycles. The van der Waals surface area contributed by atoms with Gasteiger partial charge in [-0.15, -0.1) is 0 Å². The van der Waals surface area contributed by atoms with Gasteiger partial charge in [-0.25, -0.2) is 8.96 Å². The molecule has 5 aromatic rings. The van der Waals surface area contributed by atoms with Crippen molar-refractivity contribution in [2.24, 2.45) is 0 Å². The summed E-state index contributed by atoms with van der Waals surface area (Å²) in [5, 5.41) is 3.28. The Labute approximate surface area is 203 Å². The van der Waals surface area contributed by atoms with Crippen molar-refractivity contribution in [3.8, 4) is 17.1 Å². The number of methoxy groups -OCH3 is 1. The molecule has 0 radical (unpaired) electrons.